The SMILES string of the molecule is C=CC(=O)OC(C)(C)CN.ClCc1ccccc1. The van der Waals surface area contributed by atoms with E-state index in [2.05, 4.69) is 6.58 Å². The normalized spacial score (nSPS) is 10.0. The van der Waals surface area contributed by atoms with Gasteiger partial charge in [0.2, 0.25) is 0 Å². The Labute approximate surface area is 114 Å². The third-order valence-corrected chi connectivity index (χ3v) is 2.34. The molecule has 0 atom stereocenters. The van der Waals surface area contributed by atoms with Gasteiger partial charge in [0.1, 0.15) is 5.60 Å². The van der Waals surface area contributed by atoms with E-state index in [-0.39, 0.29) is 0 Å². The van der Waals surface area contributed by atoms with E-state index < -0.39 is 11.6 Å². The number of carbonyl (C=O) groups is 1. The van der Waals surface area contributed by atoms with Gasteiger partial charge in [0.15, 0.2) is 0 Å². The van der Waals surface area contributed by atoms with Crippen molar-refractivity contribution in [1.82, 2.24) is 0 Å². The molecule has 0 radical (unpaired) electrons. The third-order valence-electron chi connectivity index (χ3n) is 2.03. The zero-order valence-electron chi connectivity index (χ0n) is 10.9. The van der Waals surface area contributed by atoms with E-state index in [4.69, 9.17) is 22.1 Å². The molecule has 0 heterocycles. The number of halogens is 1. The predicted octanol–water partition coefficient (Wildman–Crippen LogP) is 2.88. The van der Waals surface area contributed by atoms with Crippen molar-refractivity contribution in [2.75, 3.05) is 6.54 Å². The molecule has 4 heteroatoms. The molecule has 0 unspecified atom stereocenters. The summed E-state index contributed by atoms with van der Waals surface area (Å²) >= 11 is 5.53. The number of rotatable bonds is 4. The number of benzene rings is 1. The van der Waals surface area contributed by atoms with Gasteiger partial charge in [-0.2, -0.15) is 0 Å². The molecule has 0 aliphatic rings. The van der Waals surface area contributed by atoms with E-state index in [0.717, 1.165) is 6.08 Å². The number of nitrogens with two attached hydrogens (primary N) is 1. The Hall–Kier alpha value is -1.32. The van der Waals surface area contributed by atoms with Crippen molar-refractivity contribution < 1.29 is 9.53 Å². The van der Waals surface area contributed by atoms with E-state index in [1.54, 1.807) is 13.8 Å². The van der Waals surface area contributed by atoms with Crippen molar-refractivity contribution in [3.8, 4) is 0 Å². The molecule has 0 aliphatic heterocycles. The van der Waals surface area contributed by atoms with Crippen LogP contribution in [0.15, 0.2) is 43.0 Å². The van der Waals surface area contributed by atoms with E-state index in [1.807, 2.05) is 30.3 Å². The van der Waals surface area contributed by atoms with Crippen LogP contribution in [0.1, 0.15) is 19.4 Å². The molecule has 0 aromatic heterocycles. The summed E-state index contributed by atoms with van der Waals surface area (Å²) < 4.78 is 4.85. The first-order chi connectivity index (χ1) is 8.45. The van der Waals surface area contributed by atoms with Gasteiger partial charge in [-0.05, 0) is 19.4 Å². The first-order valence-corrected chi connectivity index (χ1v) is 6.14. The fraction of sp³-hybridized carbons (Fsp3) is 0.357. The Bertz CT molecular complexity index is 363. The summed E-state index contributed by atoms with van der Waals surface area (Å²) in [7, 11) is 0. The van der Waals surface area contributed by atoms with Crippen LogP contribution in [-0.4, -0.2) is 18.1 Å². The zero-order chi connectivity index (χ0) is 14.0. The molecule has 0 aliphatic carbocycles. The number of carbonyl (C=O) groups excluding carboxylic acids is 1. The molecule has 2 N–H and O–H groups in total. The summed E-state index contributed by atoms with van der Waals surface area (Å²) in [6, 6.07) is 9.96. The summed E-state index contributed by atoms with van der Waals surface area (Å²) in [4.78, 5) is 10.6. The minimum Gasteiger partial charge on any atom is -0.455 e. The lowest BCUT2D eigenvalue weighted by Gasteiger charge is -2.21. The van der Waals surface area contributed by atoms with E-state index in [0.29, 0.717) is 12.4 Å². The zero-order valence-corrected chi connectivity index (χ0v) is 11.6. The Balaban J connectivity index is 0.000000327. The molecule has 100 valence electrons. The summed E-state index contributed by atoms with van der Waals surface area (Å²) in [6.45, 7) is 7.06. The summed E-state index contributed by atoms with van der Waals surface area (Å²) in [6.07, 6.45) is 1.12. The molecular formula is C14H20ClNO2. The smallest absolute Gasteiger partial charge is 0.330 e. The largest absolute Gasteiger partial charge is 0.455 e. The van der Waals surface area contributed by atoms with Crippen LogP contribution in [0.3, 0.4) is 0 Å². The maximum Gasteiger partial charge on any atom is 0.330 e. The quantitative estimate of drug-likeness (QED) is 0.519. The van der Waals surface area contributed by atoms with E-state index in [9.17, 15) is 4.79 Å². The van der Waals surface area contributed by atoms with Gasteiger partial charge in [-0.1, -0.05) is 36.9 Å². The molecule has 0 amide bonds. The highest BCUT2D eigenvalue weighted by molar-refractivity contribution is 6.17. The molecule has 0 saturated carbocycles. The molecule has 1 rings (SSSR count). The van der Waals surface area contributed by atoms with Crippen LogP contribution in [0, 0.1) is 0 Å². The van der Waals surface area contributed by atoms with Crippen molar-refractivity contribution in [2.24, 2.45) is 5.73 Å². The van der Waals surface area contributed by atoms with Crippen LogP contribution in [0.4, 0.5) is 0 Å². The van der Waals surface area contributed by atoms with Crippen LogP contribution < -0.4 is 5.73 Å². The minimum atomic E-state index is -0.578. The van der Waals surface area contributed by atoms with Gasteiger partial charge < -0.3 is 10.5 Å². The Kier molecular flexibility index (Phi) is 8.08. The first kappa shape index (κ1) is 16.7. The fourth-order valence-electron chi connectivity index (χ4n) is 0.923. The van der Waals surface area contributed by atoms with E-state index >= 15 is 0 Å². The second-order valence-electron chi connectivity index (χ2n) is 4.21. The van der Waals surface area contributed by atoms with Crippen LogP contribution in [-0.2, 0) is 15.4 Å². The topological polar surface area (TPSA) is 52.3 Å². The molecule has 3 nitrogen and oxygen atoms in total. The van der Waals surface area contributed by atoms with Gasteiger partial charge >= 0.3 is 5.97 Å². The number of alkyl halides is 1. The second-order valence-corrected chi connectivity index (χ2v) is 4.48. The van der Waals surface area contributed by atoms with Gasteiger partial charge in [0, 0.05) is 18.5 Å². The van der Waals surface area contributed by atoms with Crippen molar-refractivity contribution in [2.45, 2.75) is 25.3 Å². The minimum absolute atomic E-state index is 0.312. The van der Waals surface area contributed by atoms with E-state index in [1.165, 1.54) is 5.56 Å². The molecule has 0 bridgehead atoms. The molecule has 0 fully saturated rings. The highest BCUT2D eigenvalue weighted by Crippen LogP contribution is 2.06. The maximum atomic E-state index is 10.6. The van der Waals surface area contributed by atoms with Gasteiger partial charge in [-0.15, -0.1) is 11.6 Å². The molecule has 1 aromatic rings. The standard InChI is InChI=1S/C7H7Cl.C7H13NO2/c8-6-7-4-2-1-3-5-7;1-4-6(9)10-7(2,3)5-8/h1-5H,6H2;4H,1,5,8H2,2-3H3. The van der Waals surface area contributed by atoms with Crippen molar-refractivity contribution in [3.63, 3.8) is 0 Å². The number of esters is 1. The van der Waals surface area contributed by atoms with Crippen LogP contribution in [0.25, 0.3) is 0 Å². The average molecular weight is 270 g/mol. The molecule has 0 spiro atoms. The van der Waals surface area contributed by atoms with Gasteiger partial charge in [-0.3, -0.25) is 0 Å². The van der Waals surface area contributed by atoms with Gasteiger partial charge in [0.25, 0.3) is 0 Å². The number of hydrogen-bond donors (Lipinski definition) is 1. The average Bonchev–Trinajstić information content (AvgIpc) is 2.40. The Morgan fingerprint density at radius 1 is 1.44 bits per heavy atom. The molecule has 18 heavy (non-hydrogen) atoms. The fourth-order valence-corrected chi connectivity index (χ4v) is 1.10. The number of hydrogen-bond acceptors (Lipinski definition) is 3. The summed E-state index contributed by atoms with van der Waals surface area (Å²) in [5.41, 5.74) is 5.89. The predicted molar refractivity (Wildman–Crippen MR) is 75.4 cm³/mol. The monoisotopic (exact) mass is 269 g/mol. The lowest BCUT2D eigenvalue weighted by Crippen LogP contribution is -2.35. The lowest BCUT2D eigenvalue weighted by molar-refractivity contribution is -0.149. The Morgan fingerprint density at radius 3 is 2.33 bits per heavy atom. The molecular weight excluding hydrogens is 250 g/mol. The summed E-state index contributed by atoms with van der Waals surface area (Å²) in [5.74, 6) is 0.177. The van der Waals surface area contributed by atoms with Crippen LogP contribution in [0.2, 0.25) is 0 Å². The number of ether oxygens (including phenoxy) is 1. The van der Waals surface area contributed by atoms with Crippen LogP contribution >= 0.6 is 11.6 Å². The third kappa shape index (κ3) is 7.87. The Morgan fingerprint density at radius 2 is 2.00 bits per heavy atom. The van der Waals surface area contributed by atoms with Gasteiger partial charge in [-0.25, -0.2) is 4.79 Å². The highest BCUT2D eigenvalue weighted by atomic mass is 35.5. The second kappa shape index (κ2) is 8.72. The van der Waals surface area contributed by atoms with Gasteiger partial charge in [0.05, 0.1) is 0 Å². The lowest BCUT2D eigenvalue weighted by atomic mass is 10.1. The summed E-state index contributed by atoms with van der Waals surface area (Å²) in [5, 5.41) is 0. The maximum absolute atomic E-state index is 10.6. The highest BCUT2D eigenvalue weighted by Gasteiger charge is 2.18. The molecule has 1 aromatic carbocycles. The first-order valence-electron chi connectivity index (χ1n) is 5.60. The van der Waals surface area contributed by atoms with Crippen LogP contribution in [0.5, 0.6) is 0 Å². The van der Waals surface area contributed by atoms with Crippen molar-refractivity contribution >= 4 is 17.6 Å². The molecule has 0 saturated heterocycles. The van der Waals surface area contributed by atoms with Crippen molar-refractivity contribution in [1.29, 1.82) is 0 Å². The van der Waals surface area contributed by atoms with Crippen molar-refractivity contribution in [3.05, 3.63) is 48.6 Å².